The summed E-state index contributed by atoms with van der Waals surface area (Å²) < 4.78 is 79.0. The Morgan fingerprint density at radius 3 is 2.41 bits per heavy atom. The molecule has 0 aliphatic heterocycles. The highest BCUT2D eigenvalue weighted by Gasteiger charge is 2.25. The van der Waals surface area contributed by atoms with Crippen LogP contribution < -0.4 is 10.8 Å². The number of nitrogens with one attached hydrogen (secondary N) is 2. The maximum atomic E-state index is 14.5. The largest absolute Gasteiger partial charge is 0.394 e. The van der Waals surface area contributed by atoms with Crippen LogP contribution in [0.1, 0.15) is 41.6 Å². The van der Waals surface area contributed by atoms with E-state index in [-0.39, 0.29) is 30.9 Å². The fourth-order valence-electron chi connectivity index (χ4n) is 2.86. The first kappa shape index (κ1) is 25.5. The number of aliphatic hydroxyl groups excluding tert-OH is 1. The van der Waals surface area contributed by atoms with Gasteiger partial charge in [0.1, 0.15) is 5.82 Å². The van der Waals surface area contributed by atoms with Crippen molar-refractivity contribution in [1.29, 1.82) is 0 Å². The summed E-state index contributed by atoms with van der Waals surface area (Å²) in [4.78, 5) is 16.8. The molecule has 0 atom stereocenters. The van der Waals surface area contributed by atoms with Crippen LogP contribution in [0.4, 0.5) is 37.7 Å². The SMILES string of the molecule is O=C(NOCCO)c1ccc(F)c(F)c1Nc1ccc(CCCCCC(F)(F)F)cc1F. The quantitative estimate of drug-likeness (QED) is 0.244. The van der Waals surface area contributed by atoms with Gasteiger partial charge in [0, 0.05) is 6.42 Å². The molecule has 32 heavy (non-hydrogen) atoms. The van der Waals surface area contributed by atoms with Gasteiger partial charge in [-0.05, 0) is 49.1 Å². The van der Waals surface area contributed by atoms with E-state index >= 15 is 0 Å². The second kappa shape index (κ2) is 11.7. The van der Waals surface area contributed by atoms with Crippen molar-refractivity contribution in [3.05, 3.63) is 58.9 Å². The summed E-state index contributed by atoms with van der Waals surface area (Å²) in [5, 5.41) is 11.0. The smallest absolute Gasteiger partial charge is 0.389 e. The van der Waals surface area contributed by atoms with Crippen molar-refractivity contribution in [2.45, 2.75) is 38.3 Å². The van der Waals surface area contributed by atoms with Crippen molar-refractivity contribution in [3.8, 4) is 0 Å². The molecule has 0 aliphatic rings. The molecule has 0 saturated carbocycles. The van der Waals surface area contributed by atoms with E-state index in [2.05, 4.69) is 10.2 Å². The number of aryl methyl sites for hydroxylation is 1. The van der Waals surface area contributed by atoms with Gasteiger partial charge in [-0.15, -0.1) is 0 Å². The minimum Gasteiger partial charge on any atom is -0.394 e. The molecule has 0 spiro atoms. The molecule has 0 heterocycles. The van der Waals surface area contributed by atoms with E-state index in [4.69, 9.17) is 5.11 Å². The van der Waals surface area contributed by atoms with E-state index < -0.39 is 41.6 Å². The highest BCUT2D eigenvalue weighted by molar-refractivity contribution is 5.99. The average molecular weight is 464 g/mol. The van der Waals surface area contributed by atoms with Crippen LogP contribution in [0.2, 0.25) is 0 Å². The molecule has 0 radical (unpaired) electrons. The topological polar surface area (TPSA) is 70.6 Å². The zero-order valence-corrected chi connectivity index (χ0v) is 16.9. The van der Waals surface area contributed by atoms with Crippen LogP contribution in [0.15, 0.2) is 30.3 Å². The zero-order chi connectivity index (χ0) is 23.7. The van der Waals surface area contributed by atoms with Crippen molar-refractivity contribution < 1.29 is 41.1 Å². The van der Waals surface area contributed by atoms with E-state index in [1.54, 1.807) is 0 Å². The summed E-state index contributed by atoms with van der Waals surface area (Å²) in [6.45, 7) is -0.618. The van der Waals surface area contributed by atoms with Gasteiger partial charge in [0.15, 0.2) is 11.6 Å². The molecule has 0 aliphatic carbocycles. The second-order valence-corrected chi connectivity index (χ2v) is 6.90. The lowest BCUT2D eigenvalue weighted by atomic mass is 10.0. The number of amides is 1. The van der Waals surface area contributed by atoms with Gasteiger partial charge >= 0.3 is 6.18 Å². The molecular formula is C21H22F6N2O3. The Morgan fingerprint density at radius 1 is 1.00 bits per heavy atom. The number of benzene rings is 2. The van der Waals surface area contributed by atoms with Gasteiger partial charge in [-0.2, -0.15) is 13.2 Å². The number of carbonyl (C=O) groups excluding carboxylic acids is 1. The molecule has 0 aromatic heterocycles. The molecule has 176 valence electrons. The Bertz CT molecular complexity index is 921. The first-order chi connectivity index (χ1) is 15.1. The predicted molar refractivity (Wildman–Crippen MR) is 105 cm³/mol. The van der Waals surface area contributed by atoms with E-state index in [1.165, 1.54) is 12.1 Å². The summed E-state index contributed by atoms with van der Waals surface area (Å²) in [5.41, 5.74) is 1.25. The summed E-state index contributed by atoms with van der Waals surface area (Å²) in [6, 6.07) is 5.59. The zero-order valence-electron chi connectivity index (χ0n) is 16.9. The molecular weight excluding hydrogens is 442 g/mol. The van der Waals surface area contributed by atoms with Crippen molar-refractivity contribution in [2.24, 2.45) is 0 Å². The van der Waals surface area contributed by atoms with Crippen LogP contribution in [0.3, 0.4) is 0 Å². The summed E-state index contributed by atoms with van der Waals surface area (Å²) in [6.07, 6.45) is -3.99. The molecule has 0 bridgehead atoms. The van der Waals surface area contributed by atoms with Crippen molar-refractivity contribution in [2.75, 3.05) is 18.5 Å². The lowest BCUT2D eigenvalue weighted by molar-refractivity contribution is -0.135. The fourth-order valence-corrected chi connectivity index (χ4v) is 2.86. The van der Waals surface area contributed by atoms with Crippen LogP contribution in [-0.2, 0) is 11.3 Å². The Kier molecular flexibility index (Phi) is 9.33. The number of alkyl halides is 3. The number of carbonyl (C=O) groups is 1. The Labute approximate surface area is 180 Å². The van der Waals surface area contributed by atoms with Crippen LogP contribution in [0, 0.1) is 17.5 Å². The number of unbranched alkanes of at least 4 members (excludes halogenated alkanes) is 2. The highest BCUT2D eigenvalue weighted by atomic mass is 19.4. The molecule has 1 amide bonds. The summed E-state index contributed by atoms with van der Waals surface area (Å²) in [7, 11) is 0. The van der Waals surface area contributed by atoms with E-state index in [0.29, 0.717) is 24.8 Å². The van der Waals surface area contributed by atoms with Gasteiger partial charge in [0.25, 0.3) is 5.91 Å². The summed E-state index contributed by atoms with van der Waals surface area (Å²) >= 11 is 0. The summed E-state index contributed by atoms with van der Waals surface area (Å²) in [5.74, 6) is -4.44. The first-order valence-corrected chi connectivity index (χ1v) is 9.75. The van der Waals surface area contributed by atoms with Gasteiger partial charge < -0.3 is 10.4 Å². The Balaban J connectivity index is 2.08. The number of halogens is 6. The van der Waals surface area contributed by atoms with Crippen LogP contribution >= 0.6 is 0 Å². The third-order valence-electron chi connectivity index (χ3n) is 4.42. The minimum absolute atomic E-state index is 0.0165. The molecule has 0 fully saturated rings. The number of hydrogen-bond acceptors (Lipinski definition) is 4. The van der Waals surface area contributed by atoms with Gasteiger partial charge in [-0.1, -0.05) is 12.5 Å². The first-order valence-electron chi connectivity index (χ1n) is 9.75. The van der Waals surface area contributed by atoms with Crippen molar-refractivity contribution in [1.82, 2.24) is 5.48 Å². The normalized spacial score (nSPS) is 11.5. The lowest BCUT2D eigenvalue weighted by Crippen LogP contribution is -2.26. The number of anilines is 2. The van der Waals surface area contributed by atoms with E-state index in [9.17, 15) is 31.1 Å². The standard InChI is InChI=1S/C21H22F6N2O3/c22-15-7-6-14(20(31)29-32-11-10-30)19(18(15)24)28-17-8-5-13(12-16(17)23)4-2-1-3-9-21(25,26)27/h5-8,12,28,30H,1-4,9-11H2,(H,29,31). The van der Waals surface area contributed by atoms with E-state index in [1.807, 2.05) is 5.48 Å². The fraction of sp³-hybridized carbons (Fsp3) is 0.381. The van der Waals surface area contributed by atoms with Crippen molar-refractivity contribution >= 4 is 17.3 Å². The van der Waals surface area contributed by atoms with Gasteiger partial charge in [-0.3, -0.25) is 9.63 Å². The average Bonchev–Trinajstić information content (AvgIpc) is 2.72. The second-order valence-electron chi connectivity index (χ2n) is 6.90. The molecule has 11 heteroatoms. The van der Waals surface area contributed by atoms with Crippen LogP contribution in [0.25, 0.3) is 0 Å². The molecule has 2 rings (SSSR count). The van der Waals surface area contributed by atoms with Crippen LogP contribution in [-0.4, -0.2) is 30.4 Å². The molecule has 0 saturated heterocycles. The van der Waals surface area contributed by atoms with Crippen molar-refractivity contribution in [3.63, 3.8) is 0 Å². The number of hydroxylamine groups is 1. The molecule has 3 N–H and O–H groups in total. The van der Waals surface area contributed by atoms with Gasteiger partial charge in [0.05, 0.1) is 30.2 Å². The molecule has 2 aromatic rings. The highest BCUT2D eigenvalue weighted by Crippen LogP contribution is 2.29. The minimum atomic E-state index is -4.20. The third-order valence-corrected chi connectivity index (χ3v) is 4.42. The number of aliphatic hydroxyl groups is 1. The van der Waals surface area contributed by atoms with Gasteiger partial charge in [-0.25, -0.2) is 18.7 Å². The third kappa shape index (κ3) is 7.72. The predicted octanol–water partition coefficient (Wildman–Crippen LogP) is 5.17. The maximum Gasteiger partial charge on any atom is 0.389 e. The number of hydrogen-bond donors (Lipinski definition) is 3. The van der Waals surface area contributed by atoms with Gasteiger partial charge in [0.2, 0.25) is 0 Å². The number of rotatable bonds is 11. The monoisotopic (exact) mass is 464 g/mol. The molecule has 5 nitrogen and oxygen atoms in total. The molecule has 0 unspecified atom stereocenters. The van der Waals surface area contributed by atoms with E-state index in [0.717, 1.165) is 18.2 Å². The Morgan fingerprint density at radius 2 is 1.75 bits per heavy atom. The van der Waals surface area contributed by atoms with Crippen LogP contribution in [0.5, 0.6) is 0 Å². The lowest BCUT2D eigenvalue weighted by Gasteiger charge is -2.15. The maximum absolute atomic E-state index is 14.5. The molecule has 2 aromatic carbocycles. The Hall–Kier alpha value is -2.79.